The molecule has 3 nitrogen and oxygen atoms in total. The van der Waals surface area contributed by atoms with Crippen LogP contribution in [0.2, 0.25) is 0 Å². The third-order valence-corrected chi connectivity index (χ3v) is 1.80. The predicted molar refractivity (Wildman–Crippen MR) is 54.1 cm³/mol. The molecule has 0 aromatic heterocycles. The van der Waals surface area contributed by atoms with Gasteiger partial charge >= 0.3 is 0 Å². The topological polar surface area (TPSA) is 38.7 Å². The Bertz CT molecular complexity index is 250. The summed E-state index contributed by atoms with van der Waals surface area (Å²) in [6.07, 6.45) is -0.328. The second-order valence-corrected chi connectivity index (χ2v) is 2.83. The molecule has 3 heteroatoms. The third-order valence-electron chi connectivity index (χ3n) is 1.80. The van der Waals surface area contributed by atoms with Crippen molar-refractivity contribution in [2.24, 2.45) is 0 Å². The molecule has 0 aliphatic heterocycles. The smallest absolute Gasteiger partial charge is 0.183 e. The Morgan fingerprint density at radius 1 is 1.07 bits per heavy atom. The lowest BCUT2D eigenvalue weighted by Crippen LogP contribution is -2.08. The molecule has 0 fully saturated rings. The van der Waals surface area contributed by atoms with Crippen molar-refractivity contribution in [1.29, 1.82) is 0 Å². The Hall–Kier alpha value is -1.06. The Morgan fingerprint density at radius 2 is 1.57 bits per heavy atom. The van der Waals surface area contributed by atoms with Crippen LogP contribution >= 0.6 is 0 Å². The lowest BCUT2D eigenvalue weighted by Gasteiger charge is -2.16. The zero-order valence-corrected chi connectivity index (χ0v) is 8.56. The van der Waals surface area contributed by atoms with Crippen LogP contribution in [0.25, 0.3) is 0 Å². The average Bonchev–Trinajstić information content (AvgIpc) is 2.19. The summed E-state index contributed by atoms with van der Waals surface area (Å²) >= 11 is 0. The van der Waals surface area contributed by atoms with Crippen molar-refractivity contribution < 1.29 is 14.6 Å². The summed E-state index contributed by atoms with van der Waals surface area (Å²) < 4.78 is 10.8. The summed E-state index contributed by atoms with van der Waals surface area (Å²) in [4.78, 5) is 0. The molecule has 0 heterocycles. The molecule has 0 amide bonds. The van der Waals surface area contributed by atoms with Gasteiger partial charge in [0.2, 0.25) is 0 Å². The van der Waals surface area contributed by atoms with Crippen molar-refractivity contribution in [2.75, 3.05) is 13.2 Å². The summed E-state index contributed by atoms with van der Waals surface area (Å²) in [7, 11) is 0. The van der Waals surface area contributed by atoms with Crippen LogP contribution in [0.15, 0.2) is 24.3 Å². The number of benzene rings is 1. The molecular weight excluding hydrogens is 180 g/mol. The molecule has 0 atom stereocenters. The first kappa shape index (κ1) is 11.0. The highest BCUT2D eigenvalue weighted by molar-refractivity contribution is 5.26. The van der Waals surface area contributed by atoms with Crippen LogP contribution < -0.4 is 0 Å². The van der Waals surface area contributed by atoms with E-state index in [-0.39, 0.29) is 12.0 Å². The Balaban J connectivity index is 2.71. The summed E-state index contributed by atoms with van der Waals surface area (Å²) in [6, 6.07) is 6.84. The fourth-order valence-electron chi connectivity index (χ4n) is 1.17. The van der Waals surface area contributed by atoms with Crippen molar-refractivity contribution in [2.45, 2.75) is 20.1 Å². The standard InChI is InChI=1S/C11H16O3/c1-3-13-11(14-4-2)9-5-7-10(12)8-6-9/h5-8,11-12H,3-4H2,1-2H3. The summed E-state index contributed by atoms with van der Waals surface area (Å²) in [5, 5.41) is 9.12. The quantitative estimate of drug-likeness (QED) is 0.735. The highest BCUT2D eigenvalue weighted by atomic mass is 16.7. The van der Waals surface area contributed by atoms with Gasteiger partial charge in [0.25, 0.3) is 0 Å². The van der Waals surface area contributed by atoms with Crippen molar-refractivity contribution in [3.05, 3.63) is 29.8 Å². The fraction of sp³-hybridized carbons (Fsp3) is 0.455. The Morgan fingerprint density at radius 3 is 2.00 bits per heavy atom. The summed E-state index contributed by atoms with van der Waals surface area (Å²) in [5.74, 6) is 0.250. The SMILES string of the molecule is CCOC(OCC)c1ccc(O)cc1. The van der Waals surface area contributed by atoms with Gasteiger partial charge in [-0.2, -0.15) is 0 Å². The number of hydrogen-bond acceptors (Lipinski definition) is 3. The number of hydrogen-bond donors (Lipinski definition) is 1. The van der Waals surface area contributed by atoms with E-state index in [2.05, 4.69) is 0 Å². The lowest BCUT2D eigenvalue weighted by molar-refractivity contribution is -0.140. The highest BCUT2D eigenvalue weighted by Crippen LogP contribution is 2.20. The van der Waals surface area contributed by atoms with E-state index in [9.17, 15) is 0 Å². The van der Waals surface area contributed by atoms with Crippen LogP contribution in [-0.2, 0) is 9.47 Å². The van der Waals surface area contributed by atoms with E-state index < -0.39 is 0 Å². The molecule has 1 aromatic rings. The average molecular weight is 196 g/mol. The second-order valence-electron chi connectivity index (χ2n) is 2.83. The lowest BCUT2D eigenvalue weighted by atomic mass is 10.2. The molecule has 0 aliphatic carbocycles. The van der Waals surface area contributed by atoms with Crippen molar-refractivity contribution in [3.8, 4) is 5.75 Å². The van der Waals surface area contributed by atoms with E-state index in [1.54, 1.807) is 24.3 Å². The number of rotatable bonds is 5. The molecule has 1 rings (SSSR count). The summed E-state index contributed by atoms with van der Waals surface area (Å²) in [6.45, 7) is 5.05. The minimum absolute atomic E-state index is 0.250. The van der Waals surface area contributed by atoms with Gasteiger partial charge in [0.1, 0.15) is 5.75 Å². The number of ether oxygens (including phenoxy) is 2. The maximum absolute atomic E-state index is 9.12. The predicted octanol–water partition coefficient (Wildman–Crippen LogP) is 2.46. The molecule has 0 bridgehead atoms. The van der Waals surface area contributed by atoms with Crippen molar-refractivity contribution in [1.82, 2.24) is 0 Å². The minimum Gasteiger partial charge on any atom is -0.508 e. The van der Waals surface area contributed by atoms with Crippen LogP contribution in [-0.4, -0.2) is 18.3 Å². The molecule has 0 saturated carbocycles. The van der Waals surface area contributed by atoms with Crippen LogP contribution in [0, 0.1) is 0 Å². The Labute approximate surface area is 84.3 Å². The van der Waals surface area contributed by atoms with E-state index in [0.29, 0.717) is 13.2 Å². The molecule has 78 valence electrons. The zero-order chi connectivity index (χ0) is 10.4. The molecule has 0 radical (unpaired) electrons. The maximum atomic E-state index is 9.12. The van der Waals surface area contributed by atoms with E-state index in [0.717, 1.165) is 5.56 Å². The Kier molecular flexibility index (Phi) is 4.43. The molecule has 1 N–H and O–H groups in total. The van der Waals surface area contributed by atoms with Gasteiger partial charge in [-0.3, -0.25) is 0 Å². The first-order chi connectivity index (χ1) is 6.77. The maximum Gasteiger partial charge on any atom is 0.183 e. The number of phenols is 1. The molecule has 14 heavy (non-hydrogen) atoms. The van der Waals surface area contributed by atoms with Gasteiger partial charge in [0, 0.05) is 18.8 Å². The van der Waals surface area contributed by atoms with Gasteiger partial charge in [-0.15, -0.1) is 0 Å². The van der Waals surface area contributed by atoms with Crippen LogP contribution in [0.5, 0.6) is 5.75 Å². The van der Waals surface area contributed by atoms with Gasteiger partial charge < -0.3 is 14.6 Å². The van der Waals surface area contributed by atoms with Crippen LogP contribution in [0.4, 0.5) is 0 Å². The first-order valence-corrected chi connectivity index (χ1v) is 4.80. The van der Waals surface area contributed by atoms with Gasteiger partial charge in [0.15, 0.2) is 6.29 Å². The van der Waals surface area contributed by atoms with Gasteiger partial charge in [-0.25, -0.2) is 0 Å². The van der Waals surface area contributed by atoms with E-state index in [4.69, 9.17) is 14.6 Å². The highest BCUT2D eigenvalue weighted by Gasteiger charge is 2.10. The van der Waals surface area contributed by atoms with Crippen molar-refractivity contribution >= 4 is 0 Å². The van der Waals surface area contributed by atoms with E-state index in [1.165, 1.54) is 0 Å². The normalized spacial score (nSPS) is 10.8. The zero-order valence-electron chi connectivity index (χ0n) is 8.56. The number of aromatic hydroxyl groups is 1. The van der Waals surface area contributed by atoms with Crippen LogP contribution in [0.1, 0.15) is 25.7 Å². The fourth-order valence-corrected chi connectivity index (χ4v) is 1.17. The van der Waals surface area contributed by atoms with E-state index in [1.807, 2.05) is 13.8 Å². The van der Waals surface area contributed by atoms with Gasteiger partial charge in [-0.05, 0) is 26.0 Å². The monoisotopic (exact) mass is 196 g/mol. The van der Waals surface area contributed by atoms with Crippen molar-refractivity contribution in [3.63, 3.8) is 0 Å². The molecule has 0 saturated heterocycles. The first-order valence-electron chi connectivity index (χ1n) is 4.80. The second kappa shape index (κ2) is 5.62. The third kappa shape index (κ3) is 3.01. The molecular formula is C11H16O3. The van der Waals surface area contributed by atoms with Crippen LogP contribution in [0.3, 0.4) is 0 Å². The largest absolute Gasteiger partial charge is 0.508 e. The summed E-state index contributed by atoms with van der Waals surface area (Å²) in [5.41, 5.74) is 0.923. The molecule has 0 spiro atoms. The van der Waals surface area contributed by atoms with E-state index >= 15 is 0 Å². The molecule has 0 aliphatic rings. The number of phenolic OH excluding ortho intramolecular Hbond substituents is 1. The van der Waals surface area contributed by atoms with Gasteiger partial charge in [-0.1, -0.05) is 12.1 Å². The van der Waals surface area contributed by atoms with Gasteiger partial charge in [0.05, 0.1) is 0 Å². The molecule has 1 aromatic carbocycles. The molecule has 0 unspecified atom stereocenters. The minimum atomic E-state index is -0.328.